The minimum atomic E-state index is -0.343. The first kappa shape index (κ1) is 23.8. The number of carbonyl (C=O) groups is 2. The fourth-order valence-corrected chi connectivity index (χ4v) is 7.08. The normalized spacial score (nSPS) is 14.8. The molecule has 11 heteroatoms. The second-order valence-corrected chi connectivity index (χ2v) is 12.0. The fourth-order valence-electron chi connectivity index (χ4n) is 4.07. The van der Waals surface area contributed by atoms with Crippen molar-refractivity contribution in [1.82, 2.24) is 14.5 Å². The van der Waals surface area contributed by atoms with Gasteiger partial charge in [0.25, 0.3) is 5.56 Å². The summed E-state index contributed by atoms with van der Waals surface area (Å²) < 4.78 is 14.7. The number of halogens is 1. The Hall–Kier alpha value is -2.89. The smallest absolute Gasteiger partial charge is 0.263 e. The number of carbonyl (C=O) groups excluding carboxylic acids is 2. The number of nitrogens with zero attached hydrogens (tertiary/aromatic N) is 3. The maximum absolute atomic E-state index is 13.3. The molecule has 1 amide bonds. The summed E-state index contributed by atoms with van der Waals surface area (Å²) in [4.78, 5) is 48.4. The van der Waals surface area contributed by atoms with Crippen molar-refractivity contribution in [3.8, 4) is 11.1 Å². The predicted molar refractivity (Wildman–Crippen MR) is 138 cm³/mol. The Labute approximate surface area is 212 Å². The molecule has 0 saturated heterocycles. The summed E-state index contributed by atoms with van der Waals surface area (Å²) >= 11 is 3.82. The number of nitrogens with one attached hydrogen (secondary N) is 1. The summed E-state index contributed by atoms with van der Waals surface area (Å²) in [6.07, 6.45) is 1.20. The number of hydrogen-bond acceptors (Lipinski definition) is 8. The Bertz CT molecular complexity index is 1540. The lowest BCUT2D eigenvalue weighted by Gasteiger charge is -2.26. The van der Waals surface area contributed by atoms with Crippen LogP contribution in [0.2, 0.25) is 0 Å². The molecule has 0 fully saturated rings. The van der Waals surface area contributed by atoms with Gasteiger partial charge in [0.2, 0.25) is 5.91 Å². The van der Waals surface area contributed by atoms with Crippen molar-refractivity contribution >= 4 is 61.5 Å². The zero-order valence-corrected chi connectivity index (χ0v) is 21.6. The molecule has 0 unspecified atom stereocenters. The van der Waals surface area contributed by atoms with Crippen molar-refractivity contribution in [3.05, 3.63) is 56.4 Å². The Kier molecular flexibility index (Phi) is 6.10. The molecule has 180 valence electrons. The summed E-state index contributed by atoms with van der Waals surface area (Å²) in [5.41, 5.74) is 1.57. The van der Waals surface area contributed by atoms with Crippen molar-refractivity contribution in [2.75, 3.05) is 11.1 Å². The fraction of sp³-hybridized carbons (Fsp3) is 0.292. The molecule has 3 aromatic heterocycles. The molecule has 0 aliphatic heterocycles. The van der Waals surface area contributed by atoms with E-state index in [0.29, 0.717) is 38.2 Å². The van der Waals surface area contributed by atoms with Crippen molar-refractivity contribution in [2.45, 2.75) is 31.8 Å². The quantitative estimate of drug-likeness (QED) is 0.285. The van der Waals surface area contributed by atoms with Crippen LogP contribution < -0.4 is 10.9 Å². The van der Waals surface area contributed by atoms with Crippen LogP contribution in [0.15, 0.2) is 39.6 Å². The van der Waals surface area contributed by atoms with Gasteiger partial charge >= 0.3 is 0 Å². The minimum Gasteiger partial charge on any atom is -0.301 e. The highest BCUT2D eigenvalue weighted by molar-refractivity contribution is 7.99. The first-order valence-electron chi connectivity index (χ1n) is 10.8. The molecule has 0 spiro atoms. The van der Waals surface area contributed by atoms with Crippen molar-refractivity contribution in [3.63, 3.8) is 0 Å². The summed E-state index contributed by atoms with van der Waals surface area (Å²) in [5.74, 6) is -0.595. The molecule has 1 aliphatic carbocycles. The topological polar surface area (TPSA) is 93.9 Å². The Morgan fingerprint density at radius 1 is 1.20 bits per heavy atom. The van der Waals surface area contributed by atoms with Crippen LogP contribution >= 0.6 is 34.4 Å². The van der Waals surface area contributed by atoms with E-state index in [1.807, 2.05) is 19.2 Å². The SMILES string of the molecule is Cn1c(SCC(=O)Nc2nc3c(s2)CC(C)(C)CC3=O)nc2scc(-c3ccc(F)cc3)c2c1=O. The van der Waals surface area contributed by atoms with E-state index in [1.165, 1.54) is 39.4 Å². The lowest BCUT2D eigenvalue weighted by Crippen LogP contribution is -2.26. The summed E-state index contributed by atoms with van der Waals surface area (Å²) in [7, 11) is 1.61. The number of benzene rings is 1. The average molecular weight is 529 g/mol. The molecule has 1 aliphatic rings. The number of hydrogen-bond donors (Lipinski definition) is 1. The molecule has 1 aromatic carbocycles. The number of thioether (sulfide) groups is 1. The van der Waals surface area contributed by atoms with Crippen molar-refractivity contribution in [1.29, 1.82) is 0 Å². The van der Waals surface area contributed by atoms with E-state index in [-0.39, 0.29) is 34.2 Å². The van der Waals surface area contributed by atoms with Crippen LogP contribution in [0.3, 0.4) is 0 Å². The molecular formula is C24H21FN4O3S3. The molecule has 4 aromatic rings. The third-order valence-electron chi connectivity index (χ3n) is 5.75. The monoisotopic (exact) mass is 528 g/mol. The van der Waals surface area contributed by atoms with E-state index >= 15 is 0 Å². The molecule has 0 atom stereocenters. The molecule has 0 bridgehead atoms. The molecule has 5 rings (SSSR count). The third kappa shape index (κ3) is 4.67. The average Bonchev–Trinajstić information content (AvgIpc) is 3.39. The Morgan fingerprint density at radius 3 is 2.69 bits per heavy atom. The highest BCUT2D eigenvalue weighted by atomic mass is 32.2. The zero-order valence-electron chi connectivity index (χ0n) is 19.2. The van der Waals surface area contributed by atoms with Gasteiger partial charge in [-0.05, 0) is 29.5 Å². The lowest BCUT2D eigenvalue weighted by molar-refractivity contribution is -0.113. The van der Waals surface area contributed by atoms with Crippen LogP contribution in [0.4, 0.5) is 9.52 Å². The van der Waals surface area contributed by atoms with Crippen molar-refractivity contribution < 1.29 is 14.0 Å². The van der Waals surface area contributed by atoms with Gasteiger partial charge in [0.15, 0.2) is 16.1 Å². The van der Waals surface area contributed by atoms with Crippen LogP contribution in [-0.2, 0) is 18.3 Å². The number of anilines is 1. The van der Waals surface area contributed by atoms with Gasteiger partial charge in [0.05, 0.1) is 11.1 Å². The molecule has 7 nitrogen and oxygen atoms in total. The molecule has 0 saturated carbocycles. The number of aromatic nitrogens is 3. The molecule has 35 heavy (non-hydrogen) atoms. The van der Waals surface area contributed by atoms with Crippen LogP contribution in [-0.4, -0.2) is 32.0 Å². The first-order valence-corrected chi connectivity index (χ1v) is 13.5. The second kappa shape index (κ2) is 8.96. The maximum atomic E-state index is 13.3. The number of rotatable bonds is 5. The third-order valence-corrected chi connectivity index (χ3v) is 8.62. The van der Waals surface area contributed by atoms with Crippen LogP contribution in [0.1, 0.15) is 35.6 Å². The lowest BCUT2D eigenvalue weighted by atomic mass is 9.78. The van der Waals surface area contributed by atoms with E-state index in [4.69, 9.17) is 0 Å². The van der Waals surface area contributed by atoms with E-state index < -0.39 is 0 Å². The second-order valence-electron chi connectivity index (χ2n) is 9.16. The van der Waals surface area contributed by atoms with Gasteiger partial charge in [-0.1, -0.05) is 37.7 Å². The van der Waals surface area contributed by atoms with Crippen LogP contribution in [0.5, 0.6) is 0 Å². The number of fused-ring (bicyclic) bond motifs is 2. The number of thiophene rings is 1. The van der Waals surface area contributed by atoms with Gasteiger partial charge in [-0.3, -0.25) is 19.0 Å². The first-order chi connectivity index (χ1) is 16.6. The molecule has 3 heterocycles. The van der Waals surface area contributed by atoms with Crippen LogP contribution in [0, 0.1) is 11.2 Å². The highest BCUT2D eigenvalue weighted by Crippen LogP contribution is 2.38. The predicted octanol–water partition coefficient (Wildman–Crippen LogP) is 5.14. The largest absolute Gasteiger partial charge is 0.301 e. The minimum absolute atomic E-state index is 0.00540. The Morgan fingerprint density at radius 2 is 1.94 bits per heavy atom. The maximum Gasteiger partial charge on any atom is 0.263 e. The zero-order chi connectivity index (χ0) is 24.9. The summed E-state index contributed by atoms with van der Waals surface area (Å²) in [6, 6.07) is 5.98. The summed E-state index contributed by atoms with van der Waals surface area (Å²) in [5, 5.41) is 5.90. The van der Waals surface area contributed by atoms with E-state index in [9.17, 15) is 18.8 Å². The van der Waals surface area contributed by atoms with Gasteiger partial charge in [0.1, 0.15) is 16.3 Å². The Balaban J connectivity index is 1.32. The van der Waals surface area contributed by atoms with Gasteiger partial charge in [0, 0.05) is 29.3 Å². The van der Waals surface area contributed by atoms with E-state index in [1.54, 1.807) is 19.2 Å². The molecule has 0 radical (unpaired) electrons. The molecule has 1 N–H and O–H groups in total. The van der Waals surface area contributed by atoms with Gasteiger partial charge in [-0.25, -0.2) is 14.4 Å². The van der Waals surface area contributed by atoms with Crippen LogP contribution in [0.25, 0.3) is 21.3 Å². The number of thiazole rings is 1. The van der Waals surface area contributed by atoms with Gasteiger partial charge < -0.3 is 5.32 Å². The molecular weight excluding hydrogens is 507 g/mol. The van der Waals surface area contributed by atoms with Gasteiger partial charge in [-0.15, -0.1) is 22.7 Å². The number of Topliss-reactive ketones (excluding diaryl/α,β-unsaturated/α-hetero) is 1. The standard InChI is InChI=1S/C24H21FN4O3S3/c1-24(2)8-15(30)19-16(9-24)35-22(27-19)26-17(31)11-34-23-28-20-18(21(32)29(23)3)14(10-33-20)12-4-6-13(25)7-5-12/h4-7,10H,8-9,11H2,1-3H3,(H,26,27,31). The van der Waals surface area contributed by atoms with E-state index in [0.717, 1.165) is 28.6 Å². The number of ketones is 1. The van der Waals surface area contributed by atoms with E-state index in [2.05, 4.69) is 15.3 Å². The van der Waals surface area contributed by atoms with Gasteiger partial charge in [-0.2, -0.15) is 0 Å². The highest BCUT2D eigenvalue weighted by Gasteiger charge is 2.34. The number of amides is 1. The van der Waals surface area contributed by atoms with Crippen molar-refractivity contribution in [2.24, 2.45) is 12.5 Å². The summed E-state index contributed by atoms with van der Waals surface area (Å²) in [6.45, 7) is 4.10.